The fourth-order valence-corrected chi connectivity index (χ4v) is 2.39. The summed E-state index contributed by atoms with van der Waals surface area (Å²) in [5, 5.41) is 19.9. The van der Waals surface area contributed by atoms with Gasteiger partial charge in [0, 0.05) is 12.0 Å². The molecule has 0 aromatic heterocycles. The average molecular weight is 348 g/mol. The smallest absolute Gasteiger partial charge is 0.200 e. The van der Waals surface area contributed by atoms with Crippen molar-refractivity contribution in [2.75, 3.05) is 28.4 Å². The third-order valence-corrected chi connectivity index (χ3v) is 3.71. The summed E-state index contributed by atoms with van der Waals surface area (Å²) in [6.45, 7) is 0. The van der Waals surface area contributed by atoms with Crippen LogP contribution >= 0.6 is 0 Å². The number of hydrogen-bond donors (Lipinski definition) is 2. The first kappa shape index (κ1) is 18.3. The van der Waals surface area contributed by atoms with Gasteiger partial charge in [-0.15, -0.1) is 0 Å². The lowest BCUT2D eigenvalue weighted by atomic mass is 10.0. The fourth-order valence-electron chi connectivity index (χ4n) is 2.39. The molecule has 0 amide bonds. The second kappa shape index (κ2) is 7.65. The lowest BCUT2D eigenvalue weighted by molar-refractivity contribution is 0.0992. The van der Waals surface area contributed by atoms with Crippen LogP contribution in [0.4, 0.5) is 0 Å². The molecule has 0 aliphatic carbocycles. The predicted octanol–water partition coefficient (Wildman–Crippen LogP) is 2.56. The van der Waals surface area contributed by atoms with Crippen molar-refractivity contribution < 1.29 is 34.0 Å². The third-order valence-electron chi connectivity index (χ3n) is 3.71. The van der Waals surface area contributed by atoms with Crippen molar-refractivity contribution in [3.05, 3.63) is 35.4 Å². The molecule has 0 fully saturated rings. The molecule has 7 nitrogen and oxygen atoms in total. The van der Waals surface area contributed by atoms with Gasteiger partial charge >= 0.3 is 0 Å². The van der Waals surface area contributed by atoms with E-state index in [1.54, 1.807) is 12.1 Å². The van der Waals surface area contributed by atoms with Crippen molar-refractivity contribution in [3.63, 3.8) is 0 Å². The van der Waals surface area contributed by atoms with Crippen molar-refractivity contribution in [3.8, 4) is 34.5 Å². The summed E-state index contributed by atoms with van der Waals surface area (Å²) in [5.74, 6) is 0.174. The van der Waals surface area contributed by atoms with Crippen LogP contribution in [-0.2, 0) is 6.42 Å². The van der Waals surface area contributed by atoms with Gasteiger partial charge in [0.1, 0.15) is 0 Å². The Balaban J connectivity index is 2.37. The number of phenols is 2. The summed E-state index contributed by atoms with van der Waals surface area (Å²) in [5.41, 5.74) is 0.917. The highest BCUT2D eigenvalue weighted by atomic mass is 16.5. The number of benzene rings is 2. The maximum Gasteiger partial charge on any atom is 0.200 e. The molecule has 0 aliphatic heterocycles. The molecular formula is C18H20O7. The topological polar surface area (TPSA) is 94.5 Å². The van der Waals surface area contributed by atoms with Crippen LogP contribution in [-0.4, -0.2) is 44.4 Å². The van der Waals surface area contributed by atoms with Crippen molar-refractivity contribution in [2.24, 2.45) is 0 Å². The van der Waals surface area contributed by atoms with Gasteiger partial charge in [-0.25, -0.2) is 0 Å². The first-order valence-corrected chi connectivity index (χ1v) is 7.37. The molecule has 0 spiro atoms. The van der Waals surface area contributed by atoms with Gasteiger partial charge in [0.25, 0.3) is 0 Å². The predicted molar refractivity (Wildman–Crippen MR) is 90.5 cm³/mol. The second-order valence-electron chi connectivity index (χ2n) is 5.18. The van der Waals surface area contributed by atoms with E-state index in [4.69, 9.17) is 18.9 Å². The highest BCUT2D eigenvalue weighted by molar-refractivity contribution is 5.98. The summed E-state index contributed by atoms with van der Waals surface area (Å²) in [6.07, 6.45) is 0.0318. The second-order valence-corrected chi connectivity index (χ2v) is 5.18. The van der Waals surface area contributed by atoms with Crippen LogP contribution < -0.4 is 18.9 Å². The van der Waals surface area contributed by atoms with Crippen molar-refractivity contribution in [2.45, 2.75) is 6.42 Å². The largest absolute Gasteiger partial charge is 0.502 e. The van der Waals surface area contributed by atoms with Crippen LogP contribution in [0.1, 0.15) is 15.9 Å². The van der Waals surface area contributed by atoms with Gasteiger partial charge in [-0.2, -0.15) is 0 Å². The molecule has 0 aliphatic rings. The standard InChI is InChI=1S/C18H20O7/c1-22-13-6-10(7-14(23-2)17(13)20)5-12(19)11-8-15(24-3)18(21)16(9-11)25-4/h6-9,20-21H,5H2,1-4H3. The lowest BCUT2D eigenvalue weighted by Crippen LogP contribution is -2.05. The Morgan fingerprint density at radius 2 is 1.12 bits per heavy atom. The first-order chi connectivity index (χ1) is 11.9. The quantitative estimate of drug-likeness (QED) is 0.743. The molecule has 0 unspecified atom stereocenters. The zero-order chi connectivity index (χ0) is 18.6. The van der Waals surface area contributed by atoms with Crippen molar-refractivity contribution in [1.29, 1.82) is 0 Å². The number of methoxy groups -OCH3 is 4. The van der Waals surface area contributed by atoms with Gasteiger partial charge in [-0.1, -0.05) is 0 Å². The number of Topliss-reactive ketones (excluding diaryl/α,β-unsaturated/α-hetero) is 1. The SMILES string of the molecule is COc1cc(CC(=O)c2cc(OC)c(O)c(OC)c2)cc(OC)c1O. The Labute approximate surface area is 145 Å². The number of hydrogen-bond acceptors (Lipinski definition) is 7. The number of ether oxygens (including phenoxy) is 4. The van der Waals surface area contributed by atoms with E-state index >= 15 is 0 Å². The summed E-state index contributed by atoms with van der Waals surface area (Å²) in [7, 11) is 5.60. The van der Waals surface area contributed by atoms with Crippen LogP contribution in [0.25, 0.3) is 0 Å². The van der Waals surface area contributed by atoms with Gasteiger partial charge in [0.15, 0.2) is 28.8 Å². The summed E-state index contributed by atoms with van der Waals surface area (Å²) < 4.78 is 20.3. The lowest BCUT2D eigenvalue weighted by Gasteiger charge is -2.12. The Hall–Kier alpha value is -3.09. The van der Waals surface area contributed by atoms with E-state index in [9.17, 15) is 15.0 Å². The Bertz CT molecular complexity index is 733. The summed E-state index contributed by atoms with van der Waals surface area (Å²) in [6, 6.07) is 6.00. The Kier molecular flexibility index (Phi) is 5.59. The number of aromatic hydroxyl groups is 2. The van der Waals surface area contributed by atoms with Crippen LogP contribution in [0, 0.1) is 0 Å². The van der Waals surface area contributed by atoms with Crippen LogP contribution in [0.3, 0.4) is 0 Å². The molecule has 25 heavy (non-hydrogen) atoms. The average Bonchev–Trinajstić information content (AvgIpc) is 2.62. The van der Waals surface area contributed by atoms with Crippen LogP contribution in [0.2, 0.25) is 0 Å². The van der Waals surface area contributed by atoms with Gasteiger partial charge in [-0.05, 0) is 29.8 Å². The van der Waals surface area contributed by atoms with Gasteiger partial charge in [-0.3, -0.25) is 4.79 Å². The Morgan fingerprint density at radius 3 is 1.48 bits per heavy atom. The maximum absolute atomic E-state index is 12.6. The van der Waals surface area contributed by atoms with Gasteiger partial charge < -0.3 is 29.2 Å². The van der Waals surface area contributed by atoms with E-state index in [1.807, 2.05) is 0 Å². The number of phenolic OH excluding ortho intramolecular Hbond substituents is 2. The molecule has 2 rings (SSSR count). The van der Waals surface area contributed by atoms with Crippen LogP contribution in [0.15, 0.2) is 24.3 Å². The molecule has 0 saturated heterocycles. The molecule has 0 radical (unpaired) electrons. The molecule has 7 heteroatoms. The minimum Gasteiger partial charge on any atom is -0.502 e. The zero-order valence-corrected chi connectivity index (χ0v) is 14.5. The third kappa shape index (κ3) is 3.71. The summed E-state index contributed by atoms with van der Waals surface area (Å²) >= 11 is 0. The van der Waals surface area contributed by atoms with E-state index in [1.165, 1.54) is 40.6 Å². The number of rotatable bonds is 7. The maximum atomic E-state index is 12.6. The normalized spacial score (nSPS) is 10.2. The minimum absolute atomic E-state index is 0.0318. The fraction of sp³-hybridized carbons (Fsp3) is 0.278. The Morgan fingerprint density at radius 1 is 0.760 bits per heavy atom. The van der Waals surface area contributed by atoms with Crippen molar-refractivity contribution >= 4 is 5.78 Å². The van der Waals surface area contributed by atoms with E-state index < -0.39 is 0 Å². The molecule has 2 N–H and O–H groups in total. The monoisotopic (exact) mass is 348 g/mol. The van der Waals surface area contributed by atoms with Crippen LogP contribution in [0.5, 0.6) is 34.5 Å². The minimum atomic E-state index is -0.230. The molecular weight excluding hydrogens is 328 g/mol. The number of carbonyl (C=O) groups is 1. The van der Waals surface area contributed by atoms with Crippen molar-refractivity contribution in [1.82, 2.24) is 0 Å². The van der Waals surface area contributed by atoms with E-state index in [0.717, 1.165) is 0 Å². The van der Waals surface area contributed by atoms with Gasteiger partial charge in [0.05, 0.1) is 28.4 Å². The molecule has 134 valence electrons. The molecule has 0 saturated carbocycles. The zero-order valence-electron chi connectivity index (χ0n) is 14.5. The number of carbonyl (C=O) groups excluding carboxylic acids is 1. The highest BCUT2D eigenvalue weighted by Gasteiger charge is 2.18. The first-order valence-electron chi connectivity index (χ1n) is 7.37. The van der Waals surface area contributed by atoms with E-state index in [2.05, 4.69) is 0 Å². The molecule has 0 heterocycles. The highest BCUT2D eigenvalue weighted by Crippen LogP contribution is 2.39. The number of ketones is 1. The molecule has 2 aromatic rings. The summed E-state index contributed by atoms with van der Waals surface area (Å²) in [4.78, 5) is 12.6. The van der Waals surface area contributed by atoms with Gasteiger partial charge in [0.2, 0.25) is 11.5 Å². The molecule has 0 bridgehead atoms. The van der Waals surface area contributed by atoms with E-state index in [-0.39, 0.29) is 46.7 Å². The van der Waals surface area contributed by atoms with E-state index in [0.29, 0.717) is 11.1 Å². The molecule has 0 atom stereocenters. The molecule has 2 aromatic carbocycles.